The normalized spacial score (nSPS) is 16.3. The first-order valence-corrected chi connectivity index (χ1v) is 11.1. The van der Waals surface area contributed by atoms with Crippen LogP contribution in [0.1, 0.15) is 47.8 Å². The summed E-state index contributed by atoms with van der Waals surface area (Å²) in [5.74, 6) is 5.47. The summed E-state index contributed by atoms with van der Waals surface area (Å²) in [6, 6.07) is 11.3. The average molecular weight is 477 g/mol. The van der Waals surface area contributed by atoms with Crippen molar-refractivity contribution < 1.29 is 23.9 Å². The van der Waals surface area contributed by atoms with E-state index in [0.717, 1.165) is 35.5 Å². The highest BCUT2D eigenvalue weighted by Gasteiger charge is 2.28. The summed E-state index contributed by atoms with van der Waals surface area (Å²) in [6.45, 7) is 6.97. The van der Waals surface area contributed by atoms with Gasteiger partial charge < -0.3 is 20.7 Å². The van der Waals surface area contributed by atoms with Gasteiger partial charge in [-0.15, -0.1) is 0 Å². The maximum atomic E-state index is 11.8. The van der Waals surface area contributed by atoms with E-state index in [1.54, 1.807) is 45.2 Å². The molecule has 2 aromatic rings. The van der Waals surface area contributed by atoms with Crippen molar-refractivity contribution in [1.82, 2.24) is 15.5 Å². The number of rotatable bonds is 4. The first-order chi connectivity index (χ1) is 16.6. The van der Waals surface area contributed by atoms with Crippen molar-refractivity contribution in [3.8, 4) is 17.6 Å². The van der Waals surface area contributed by atoms with Gasteiger partial charge in [-0.25, -0.2) is 4.79 Å². The minimum Gasteiger partial charge on any atom is -0.497 e. The number of benzene rings is 2. The van der Waals surface area contributed by atoms with Gasteiger partial charge in [0.15, 0.2) is 6.04 Å². The van der Waals surface area contributed by atoms with Gasteiger partial charge >= 0.3 is 6.03 Å². The third kappa shape index (κ3) is 5.61. The number of primary amides is 1. The molecule has 0 radical (unpaired) electrons. The highest BCUT2D eigenvalue weighted by molar-refractivity contribution is 6.05. The molecule has 35 heavy (non-hydrogen) atoms. The van der Waals surface area contributed by atoms with E-state index in [0.29, 0.717) is 5.56 Å². The van der Waals surface area contributed by atoms with E-state index >= 15 is 0 Å². The second kappa shape index (κ2) is 10.3. The second-order valence-corrected chi connectivity index (χ2v) is 8.57. The van der Waals surface area contributed by atoms with Crippen molar-refractivity contribution in [2.45, 2.75) is 38.8 Å². The van der Waals surface area contributed by atoms with E-state index in [-0.39, 0.29) is 5.91 Å². The SMILES string of the molecule is CC(C)(C(N)=O)c1ccc(C#CC2NC(=O)NC2=O)cc1.CCN1Cc2ccc(OC)cc2C1=O. The molecule has 9 nitrogen and oxygen atoms in total. The van der Waals surface area contributed by atoms with E-state index in [4.69, 9.17) is 10.5 Å². The standard InChI is InChI=1S/C15H15N3O3.C11H13NO2/c1-15(2,13(16)20)10-6-3-9(4-7-10)5-8-11-12(19)18-14(21)17-11;1-3-12-7-8-4-5-9(14-2)6-10(8)11(12)13/h3-4,6-7,11H,1-2H3,(H2,16,20)(H2,17,18,19,21);4-6H,3,7H2,1-2H3. The average Bonchev–Trinajstić information content (AvgIpc) is 3.34. The Kier molecular flexibility index (Phi) is 7.45. The van der Waals surface area contributed by atoms with Crippen molar-refractivity contribution in [2.75, 3.05) is 13.7 Å². The maximum absolute atomic E-state index is 11.8. The number of amides is 5. The summed E-state index contributed by atoms with van der Waals surface area (Å²) in [5.41, 5.74) is 7.94. The topological polar surface area (TPSA) is 131 Å². The predicted octanol–water partition coefficient (Wildman–Crippen LogP) is 1.68. The number of nitrogens with one attached hydrogen (secondary N) is 2. The Hall–Kier alpha value is -4.32. The summed E-state index contributed by atoms with van der Waals surface area (Å²) in [5, 5.41) is 4.49. The number of methoxy groups -OCH3 is 1. The number of imide groups is 1. The second-order valence-electron chi connectivity index (χ2n) is 8.57. The first kappa shape index (κ1) is 25.3. The molecule has 2 aliphatic rings. The van der Waals surface area contributed by atoms with Gasteiger partial charge in [-0.05, 0) is 56.2 Å². The van der Waals surface area contributed by atoms with Crippen LogP contribution in [-0.2, 0) is 21.5 Å². The number of fused-ring (bicyclic) bond motifs is 1. The molecule has 0 aliphatic carbocycles. The molecule has 4 rings (SSSR count). The molecule has 182 valence electrons. The van der Waals surface area contributed by atoms with Crippen LogP contribution in [0, 0.1) is 11.8 Å². The summed E-state index contributed by atoms with van der Waals surface area (Å²) in [4.78, 5) is 47.2. The molecule has 0 bridgehead atoms. The predicted molar refractivity (Wildman–Crippen MR) is 129 cm³/mol. The van der Waals surface area contributed by atoms with Crippen LogP contribution in [0.2, 0.25) is 0 Å². The van der Waals surface area contributed by atoms with Crippen molar-refractivity contribution in [2.24, 2.45) is 5.73 Å². The monoisotopic (exact) mass is 476 g/mol. The van der Waals surface area contributed by atoms with Crippen molar-refractivity contribution in [3.63, 3.8) is 0 Å². The number of carbonyl (C=O) groups is 4. The molecule has 4 N–H and O–H groups in total. The largest absolute Gasteiger partial charge is 0.497 e. The van der Waals surface area contributed by atoms with E-state index in [2.05, 4.69) is 22.5 Å². The van der Waals surface area contributed by atoms with Crippen LogP contribution in [0.5, 0.6) is 5.75 Å². The molecule has 9 heteroatoms. The van der Waals surface area contributed by atoms with E-state index in [1.165, 1.54) is 0 Å². The van der Waals surface area contributed by atoms with Gasteiger partial charge in [-0.2, -0.15) is 0 Å². The lowest BCUT2D eigenvalue weighted by Gasteiger charge is -2.20. The fourth-order valence-electron chi connectivity index (χ4n) is 3.51. The van der Waals surface area contributed by atoms with E-state index in [1.807, 2.05) is 30.0 Å². The summed E-state index contributed by atoms with van der Waals surface area (Å²) in [7, 11) is 1.61. The van der Waals surface area contributed by atoms with Crippen LogP contribution < -0.4 is 21.1 Å². The molecule has 1 fully saturated rings. The van der Waals surface area contributed by atoms with Gasteiger partial charge in [0.25, 0.3) is 11.8 Å². The summed E-state index contributed by atoms with van der Waals surface area (Å²) in [6.07, 6.45) is 0. The molecule has 0 saturated carbocycles. The van der Waals surface area contributed by atoms with Crippen LogP contribution >= 0.6 is 0 Å². The quantitative estimate of drug-likeness (QED) is 0.457. The molecule has 0 aromatic heterocycles. The number of hydrogen-bond donors (Lipinski definition) is 3. The number of ether oxygens (including phenoxy) is 1. The van der Waals surface area contributed by atoms with Crippen LogP contribution in [0.15, 0.2) is 42.5 Å². The number of urea groups is 1. The van der Waals surface area contributed by atoms with Crippen LogP contribution in [0.25, 0.3) is 0 Å². The number of nitrogens with zero attached hydrogens (tertiary/aromatic N) is 1. The lowest BCUT2D eigenvalue weighted by molar-refractivity contribution is -0.122. The van der Waals surface area contributed by atoms with Crippen LogP contribution in [0.4, 0.5) is 4.79 Å². The van der Waals surface area contributed by atoms with Crippen LogP contribution in [0.3, 0.4) is 0 Å². The Morgan fingerprint density at radius 2 is 1.86 bits per heavy atom. The molecule has 5 amide bonds. The Labute approximate surface area is 204 Å². The highest BCUT2D eigenvalue weighted by Crippen LogP contribution is 2.26. The lowest BCUT2D eigenvalue weighted by Crippen LogP contribution is -2.35. The molecule has 1 unspecified atom stereocenters. The number of nitrogens with two attached hydrogens (primary N) is 1. The Morgan fingerprint density at radius 3 is 2.40 bits per heavy atom. The fourth-order valence-corrected chi connectivity index (χ4v) is 3.51. The molecule has 2 heterocycles. The van der Waals surface area contributed by atoms with Gasteiger partial charge in [-0.1, -0.05) is 30.0 Å². The van der Waals surface area contributed by atoms with Gasteiger partial charge in [0.1, 0.15) is 5.75 Å². The molecule has 2 aliphatic heterocycles. The Morgan fingerprint density at radius 1 is 1.17 bits per heavy atom. The zero-order valence-electron chi connectivity index (χ0n) is 20.1. The van der Waals surface area contributed by atoms with Gasteiger partial charge in [0, 0.05) is 24.2 Å². The summed E-state index contributed by atoms with van der Waals surface area (Å²) >= 11 is 0. The molecule has 1 saturated heterocycles. The first-order valence-electron chi connectivity index (χ1n) is 11.1. The van der Waals surface area contributed by atoms with Gasteiger partial charge in [0.05, 0.1) is 12.5 Å². The third-order valence-corrected chi connectivity index (χ3v) is 5.94. The minimum atomic E-state index is -0.834. The van der Waals surface area contributed by atoms with Gasteiger partial charge in [0.2, 0.25) is 5.91 Å². The zero-order chi connectivity index (χ0) is 25.8. The summed E-state index contributed by atoms with van der Waals surface area (Å²) < 4.78 is 5.09. The fraction of sp³-hybridized carbons (Fsp3) is 0.308. The van der Waals surface area contributed by atoms with E-state index in [9.17, 15) is 19.2 Å². The molecule has 0 spiro atoms. The third-order valence-electron chi connectivity index (χ3n) is 5.94. The van der Waals surface area contributed by atoms with Crippen molar-refractivity contribution in [1.29, 1.82) is 0 Å². The number of carbonyl (C=O) groups excluding carboxylic acids is 4. The van der Waals surface area contributed by atoms with E-state index < -0.39 is 29.3 Å². The molecule has 2 aromatic carbocycles. The lowest BCUT2D eigenvalue weighted by atomic mass is 9.84. The molecular weight excluding hydrogens is 448 g/mol. The molecule has 1 atom stereocenters. The molecular formula is C26H28N4O5. The maximum Gasteiger partial charge on any atom is 0.322 e. The Balaban J connectivity index is 0.000000211. The van der Waals surface area contributed by atoms with Crippen LogP contribution in [-0.4, -0.2) is 48.3 Å². The number of hydrogen-bond acceptors (Lipinski definition) is 5. The highest BCUT2D eigenvalue weighted by atomic mass is 16.5. The Bertz CT molecular complexity index is 1220. The smallest absolute Gasteiger partial charge is 0.322 e. The van der Waals surface area contributed by atoms with Gasteiger partial charge in [-0.3, -0.25) is 19.7 Å². The van der Waals surface area contributed by atoms with Crippen molar-refractivity contribution >= 4 is 23.8 Å². The minimum absolute atomic E-state index is 0.112. The van der Waals surface area contributed by atoms with Crippen molar-refractivity contribution in [3.05, 3.63) is 64.7 Å². The zero-order valence-corrected chi connectivity index (χ0v) is 20.1.